The highest BCUT2D eigenvalue weighted by Crippen LogP contribution is 2.24. The number of hydrogen-bond acceptors (Lipinski definition) is 4. The summed E-state index contributed by atoms with van der Waals surface area (Å²) in [7, 11) is 0. The molecule has 0 fully saturated rings. The molecule has 0 saturated heterocycles. The summed E-state index contributed by atoms with van der Waals surface area (Å²) in [5, 5.41) is 0. The van der Waals surface area contributed by atoms with Crippen LogP contribution in [0.4, 0.5) is 0 Å². The molecule has 0 amide bonds. The van der Waals surface area contributed by atoms with Crippen molar-refractivity contribution in [3.8, 4) is 0 Å². The Kier molecular flexibility index (Phi) is 4.04. The Balaban J connectivity index is 2.23. The van der Waals surface area contributed by atoms with Crippen LogP contribution in [0.15, 0.2) is 23.1 Å². The maximum atomic E-state index is 6.25. The molecule has 19 heavy (non-hydrogen) atoms. The molecule has 0 radical (unpaired) electrons. The maximum Gasteiger partial charge on any atom is 0.217 e. The topological polar surface area (TPSA) is 69.9 Å². The van der Waals surface area contributed by atoms with E-state index >= 15 is 0 Å². The van der Waals surface area contributed by atoms with Crippen LogP contribution in [0.1, 0.15) is 56.6 Å². The van der Waals surface area contributed by atoms with Gasteiger partial charge in [-0.05, 0) is 26.2 Å². The first-order chi connectivity index (χ1) is 8.99. The van der Waals surface area contributed by atoms with Crippen LogP contribution in [0, 0.1) is 12.8 Å². The molecule has 0 aliphatic rings. The van der Waals surface area contributed by atoms with Gasteiger partial charge in [0, 0.05) is 12.2 Å². The number of aryl methyl sites for hydroxylation is 1. The third-order valence-corrected chi connectivity index (χ3v) is 3.22. The van der Waals surface area contributed by atoms with Gasteiger partial charge in [0.25, 0.3) is 0 Å². The van der Waals surface area contributed by atoms with Gasteiger partial charge >= 0.3 is 0 Å². The van der Waals surface area contributed by atoms with Crippen molar-refractivity contribution in [1.29, 1.82) is 0 Å². The van der Waals surface area contributed by atoms with Gasteiger partial charge in [-0.1, -0.05) is 13.8 Å². The van der Waals surface area contributed by atoms with Crippen molar-refractivity contribution in [1.82, 2.24) is 14.5 Å². The summed E-state index contributed by atoms with van der Waals surface area (Å²) >= 11 is 0. The lowest BCUT2D eigenvalue weighted by molar-refractivity contribution is 0.399. The molecule has 5 nitrogen and oxygen atoms in total. The molecule has 0 aliphatic heterocycles. The highest BCUT2D eigenvalue weighted by Gasteiger charge is 2.20. The van der Waals surface area contributed by atoms with Crippen molar-refractivity contribution in [3.05, 3.63) is 36.1 Å². The second-order valence-corrected chi connectivity index (χ2v) is 5.45. The molecule has 104 valence electrons. The van der Waals surface area contributed by atoms with Crippen molar-refractivity contribution in [2.24, 2.45) is 11.7 Å². The Hall–Kier alpha value is -1.62. The fourth-order valence-electron chi connectivity index (χ4n) is 2.24. The molecule has 0 bridgehead atoms. The first-order valence-electron chi connectivity index (χ1n) is 6.68. The number of aromatic nitrogens is 3. The predicted molar refractivity (Wildman–Crippen MR) is 73.7 cm³/mol. The molecule has 0 aliphatic carbocycles. The van der Waals surface area contributed by atoms with Crippen molar-refractivity contribution in [2.75, 3.05) is 0 Å². The zero-order valence-electron chi connectivity index (χ0n) is 12.0. The summed E-state index contributed by atoms with van der Waals surface area (Å²) in [5.41, 5.74) is 7.28. The van der Waals surface area contributed by atoms with Gasteiger partial charge in [0.15, 0.2) is 0 Å². The van der Waals surface area contributed by atoms with Crippen LogP contribution in [0.2, 0.25) is 0 Å². The van der Waals surface area contributed by atoms with Crippen LogP contribution in [0.5, 0.6) is 0 Å². The molecule has 2 atom stereocenters. The van der Waals surface area contributed by atoms with Gasteiger partial charge < -0.3 is 14.7 Å². The molecule has 0 spiro atoms. The summed E-state index contributed by atoms with van der Waals surface area (Å²) < 4.78 is 7.62. The van der Waals surface area contributed by atoms with Gasteiger partial charge in [-0.3, -0.25) is 0 Å². The third kappa shape index (κ3) is 3.04. The lowest BCUT2D eigenvalue weighted by atomic mass is 10.0. The average molecular weight is 262 g/mol. The van der Waals surface area contributed by atoms with Crippen LogP contribution in [0.25, 0.3) is 0 Å². The smallest absolute Gasteiger partial charge is 0.217 e. The SMILES string of the molecule is Cc1cnc(C(C)n2cncc2C(N)CC(C)C)o1. The molecule has 2 N–H and O–H groups in total. The molecule has 2 aromatic heterocycles. The molecule has 0 saturated carbocycles. The number of nitrogens with zero attached hydrogens (tertiary/aromatic N) is 3. The summed E-state index contributed by atoms with van der Waals surface area (Å²) in [6.07, 6.45) is 6.29. The van der Waals surface area contributed by atoms with Gasteiger partial charge in [0.05, 0.1) is 18.2 Å². The maximum absolute atomic E-state index is 6.25. The number of nitrogens with two attached hydrogens (primary N) is 1. The standard InChI is InChI=1S/C14H22N4O/c1-9(2)5-12(15)13-7-16-8-18(13)11(4)14-17-6-10(3)19-14/h6-9,11-12H,5,15H2,1-4H3. The monoisotopic (exact) mass is 262 g/mol. The van der Waals surface area contributed by atoms with E-state index in [1.165, 1.54) is 0 Å². The average Bonchev–Trinajstić information content (AvgIpc) is 2.95. The highest BCUT2D eigenvalue weighted by molar-refractivity contribution is 5.09. The van der Waals surface area contributed by atoms with E-state index in [1.807, 2.05) is 24.6 Å². The summed E-state index contributed by atoms with van der Waals surface area (Å²) in [6, 6.07) is -0.00887. The minimum absolute atomic E-state index is 0.00409. The second kappa shape index (κ2) is 5.57. The van der Waals surface area contributed by atoms with E-state index in [1.54, 1.807) is 12.5 Å². The Labute approximate surface area is 113 Å². The molecule has 2 aromatic rings. The zero-order valence-corrected chi connectivity index (χ0v) is 12.0. The molecular weight excluding hydrogens is 240 g/mol. The lowest BCUT2D eigenvalue weighted by Crippen LogP contribution is -2.19. The predicted octanol–water partition coefficient (Wildman–Crippen LogP) is 2.83. The van der Waals surface area contributed by atoms with E-state index in [0.29, 0.717) is 11.8 Å². The van der Waals surface area contributed by atoms with E-state index < -0.39 is 0 Å². The Morgan fingerprint density at radius 2 is 2.05 bits per heavy atom. The first kappa shape index (κ1) is 13.8. The Morgan fingerprint density at radius 1 is 1.32 bits per heavy atom. The normalized spacial score (nSPS) is 14.8. The molecule has 2 heterocycles. The van der Waals surface area contributed by atoms with Crippen molar-refractivity contribution < 1.29 is 4.42 Å². The van der Waals surface area contributed by atoms with Crippen LogP contribution in [0.3, 0.4) is 0 Å². The van der Waals surface area contributed by atoms with Crippen LogP contribution in [-0.4, -0.2) is 14.5 Å². The second-order valence-electron chi connectivity index (χ2n) is 5.45. The van der Waals surface area contributed by atoms with Gasteiger partial charge in [-0.25, -0.2) is 9.97 Å². The van der Waals surface area contributed by atoms with E-state index in [9.17, 15) is 0 Å². The fourth-order valence-corrected chi connectivity index (χ4v) is 2.24. The summed E-state index contributed by atoms with van der Waals surface area (Å²) in [4.78, 5) is 8.49. The van der Waals surface area contributed by atoms with Gasteiger partial charge in [0.2, 0.25) is 5.89 Å². The minimum Gasteiger partial charge on any atom is -0.444 e. The number of hydrogen-bond donors (Lipinski definition) is 1. The molecule has 0 aromatic carbocycles. The first-order valence-corrected chi connectivity index (χ1v) is 6.68. The Bertz CT molecular complexity index is 529. The number of rotatable bonds is 5. The lowest BCUT2D eigenvalue weighted by Gasteiger charge is -2.19. The molecule has 2 unspecified atom stereocenters. The highest BCUT2D eigenvalue weighted by atomic mass is 16.4. The van der Waals surface area contributed by atoms with E-state index in [2.05, 4.69) is 23.8 Å². The summed E-state index contributed by atoms with van der Waals surface area (Å²) in [6.45, 7) is 8.27. The van der Waals surface area contributed by atoms with Crippen LogP contribution >= 0.6 is 0 Å². The minimum atomic E-state index is -0.0130. The fraction of sp³-hybridized carbons (Fsp3) is 0.571. The van der Waals surface area contributed by atoms with E-state index in [0.717, 1.165) is 17.9 Å². The molecule has 2 rings (SSSR count). The number of imidazole rings is 1. The van der Waals surface area contributed by atoms with Crippen molar-refractivity contribution in [2.45, 2.75) is 46.2 Å². The Morgan fingerprint density at radius 3 is 2.63 bits per heavy atom. The number of oxazole rings is 1. The summed E-state index contributed by atoms with van der Waals surface area (Å²) in [5.74, 6) is 2.06. The van der Waals surface area contributed by atoms with Crippen molar-refractivity contribution >= 4 is 0 Å². The van der Waals surface area contributed by atoms with E-state index in [4.69, 9.17) is 10.2 Å². The molecule has 5 heteroatoms. The van der Waals surface area contributed by atoms with Crippen molar-refractivity contribution in [3.63, 3.8) is 0 Å². The third-order valence-electron chi connectivity index (χ3n) is 3.22. The largest absolute Gasteiger partial charge is 0.444 e. The van der Waals surface area contributed by atoms with Gasteiger partial charge in [-0.2, -0.15) is 0 Å². The molecular formula is C14H22N4O. The van der Waals surface area contributed by atoms with E-state index in [-0.39, 0.29) is 12.1 Å². The van der Waals surface area contributed by atoms with Crippen LogP contribution in [-0.2, 0) is 0 Å². The quantitative estimate of drug-likeness (QED) is 0.899. The van der Waals surface area contributed by atoms with Gasteiger partial charge in [0.1, 0.15) is 11.8 Å². The van der Waals surface area contributed by atoms with Gasteiger partial charge in [-0.15, -0.1) is 0 Å². The zero-order chi connectivity index (χ0) is 14.0. The van der Waals surface area contributed by atoms with Crippen LogP contribution < -0.4 is 5.73 Å².